The third-order valence-corrected chi connectivity index (χ3v) is 4.93. The topological polar surface area (TPSA) is 105 Å². The molecule has 0 bridgehead atoms. The molecule has 8 heteroatoms. The van der Waals surface area contributed by atoms with Crippen molar-refractivity contribution in [1.82, 2.24) is 20.2 Å². The van der Waals surface area contributed by atoms with Crippen LogP contribution in [0.4, 0.5) is 11.8 Å². The number of aromatic nitrogens is 4. The summed E-state index contributed by atoms with van der Waals surface area (Å²) in [6.07, 6.45) is 8.77. The molecule has 1 aliphatic carbocycles. The highest BCUT2D eigenvalue weighted by Gasteiger charge is 2.21. The smallest absolute Gasteiger partial charge is 0.241 e. The zero-order valence-corrected chi connectivity index (χ0v) is 12.2. The van der Waals surface area contributed by atoms with Crippen LogP contribution in [0.5, 0.6) is 0 Å². The van der Waals surface area contributed by atoms with Crippen LogP contribution in [0.2, 0.25) is 0 Å². The maximum absolute atomic E-state index is 5.41. The van der Waals surface area contributed by atoms with Crippen molar-refractivity contribution in [2.24, 2.45) is 5.84 Å². The predicted octanol–water partition coefficient (Wildman–Crippen LogP) is 1.72. The van der Waals surface area contributed by atoms with E-state index in [0.717, 1.165) is 16.5 Å². The Balaban J connectivity index is 1.78. The zero-order valence-electron chi connectivity index (χ0n) is 11.4. The molecule has 2 aromatic heterocycles. The molecule has 0 spiro atoms. The van der Waals surface area contributed by atoms with Gasteiger partial charge in [0, 0.05) is 11.3 Å². The van der Waals surface area contributed by atoms with Crippen LogP contribution in [-0.2, 0) is 0 Å². The number of hydrazine groups is 1. The van der Waals surface area contributed by atoms with Crippen LogP contribution in [-0.4, -0.2) is 37.7 Å². The summed E-state index contributed by atoms with van der Waals surface area (Å²) in [5, 5.41) is 12.1. The van der Waals surface area contributed by atoms with Gasteiger partial charge in [0.05, 0.1) is 11.6 Å². The van der Waals surface area contributed by atoms with Gasteiger partial charge >= 0.3 is 0 Å². The number of hydrogen-bond acceptors (Lipinski definition) is 7. The second kappa shape index (κ2) is 5.84. The molecule has 2 aromatic rings. The number of nitrogens with zero attached hydrogens (tertiary/aromatic N) is 3. The zero-order chi connectivity index (χ0) is 13.9. The van der Waals surface area contributed by atoms with Gasteiger partial charge in [-0.3, -0.25) is 10.5 Å². The van der Waals surface area contributed by atoms with Crippen molar-refractivity contribution in [3.05, 3.63) is 6.20 Å². The fraction of sp³-hybridized carbons (Fsp3) is 0.583. The molecular formula is C12H19N7S. The van der Waals surface area contributed by atoms with Crippen LogP contribution in [0.1, 0.15) is 25.7 Å². The van der Waals surface area contributed by atoms with Gasteiger partial charge in [0.2, 0.25) is 5.95 Å². The van der Waals surface area contributed by atoms with Gasteiger partial charge in [0.1, 0.15) is 5.82 Å². The predicted molar refractivity (Wildman–Crippen MR) is 82.7 cm³/mol. The fourth-order valence-electron chi connectivity index (χ4n) is 2.65. The summed E-state index contributed by atoms with van der Waals surface area (Å²) in [4.78, 5) is 8.63. The van der Waals surface area contributed by atoms with E-state index >= 15 is 0 Å². The van der Waals surface area contributed by atoms with Gasteiger partial charge < -0.3 is 5.32 Å². The van der Waals surface area contributed by atoms with E-state index in [-0.39, 0.29) is 0 Å². The molecule has 1 fully saturated rings. The summed E-state index contributed by atoms with van der Waals surface area (Å²) in [6, 6.07) is 0.456. The van der Waals surface area contributed by atoms with Crippen LogP contribution in [0.25, 0.3) is 11.0 Å². The Hall–Kier alpha value is -1.54. The number of rotatable bonds is 4. The second-order valence-corrected chi connectivity index (χ2v) is 6.16. The molecular weight excluding hydrogens is 274 g/mol. The number of anilines is 2. The van der Waals surface area contributed by atoms with Crippen LogP contribution >= 0.6 is 11.8 Å². The molecule has 0 saturated heterocycles. The first kappa shape index (κ1) is 13.4. The molecule has 0 amide bonds. The van der Waals surface area contributed by atoms with E-state index in [4.69, 9.17) is 5.84 Å². The fourth-order valence-corrected chi connectivity index (χ4v) is 3.39. The molecule has 0 atom stereocenters. The van der Waals surface area contributed by atoms with E-state index in [1.54, 1.807) is 6.20 Å². The first-order chi connectivity index (χ1) is 9.80. The molecule has 2 heterocycles. The Labute approximate surface area is 121 Å². The summed E-state index contributed by atoms with van der Waals surface area (Å²) in [7, 11) is 0. The molecule has 5 N–H and O–H groups in total. The largest absolute Gasteiger partial charge is 0.367 e. The lowest BCUT2D eigenvalue weighted by Crippen LogP contribution is -2.27. The summed E-state index contributed by atoms with van der Waals surface area (Å²) in [5.41, 5.74) is 3.18. The Morgan fingerprint density at radius 3 is 2.80 bits per heavy atom. The van der Waals surface area contributed by atoms with Gasteiger partial charge in [-0.25, -0.2) is 5.84 Å². The lowest BCUT2D eigenvalue weighted by Gasteiger charge is -2.28. The standard InChI is InChI=1S/C12H19N7S/c1-20-8-4-2-7(3-5-8)15-10-9-6-14-19-11(9)17-12(16-10)18-13/h6-8H,2-5,13H2,1H3,(H3,14,15,16,17,18,19). The van der Waals surface area contributed by atoms with Crippen molar-refractivity contribution >= 4 is 34.6 Å². The van der Waals surface area contributed by atoms with Crippen LogP contribution in [0, 0.1) is 0 Å². The molecule has 1 aliphatic rings. The van der Waals surface area contributed by atoms with E-state index in [2.05, 4.69) is 37.2 Å². The average molecular weight is 293 g/mol. The van der Waals surface area contributed by atoms with Crippen molar-refractivity contribution < 1.29 is 0 Å². The van der Waals surface area contributed by atoms with Crippen LogP contribution in [0.15, 0.2) is 6.20 Å². The van der Waals surface area contributed by atoms with Gasteiger partial charge in [-0.2, -0.15) is 26.8 Å². The van der Waals surface area contributed by atoms with Gasteiger partial charge in [-0.1, -0.05) is 0 Å². The number of thioether (sulfide) groups is 1. The van der Waals surface area contributed by atoms with Crippen molar-refractivity contribution in [3.8, 4) is 0 Å². The third-order valence-electron chi connectivity index (χ3n) is 3.79. The van der Waals surface area contributed by atoms with E-state index in [1.165, 1.54) is 25.7 Å². The summed E-state index contributed by atoms with van der Waals surface area (Å²) in [5.74, 6) is 6.59. The quantitative estimate of drug-likeness (QED) is 0.502. The highest BCUT2D eigenvalue weighted by Crippen LogP contribution is 2.29. The number of fused-ring (bicyclic) bond motifs is 1. The summed E-state index contributed by atoms with van der Waals surface area (Å²) >= 11 is 1.97. The van der Waals surface area contributed by atoms with Crippen molar-refractivity contribution in [2.75, 3.05) is 17.0 Å². The molecule has 0 unspecified atom stereocenters. The number of hydrogen-bond donors (Lipinski definition) is 4. The van der Waals surface area contributed by atoms with Crippen LogP contribution in [0.3, 0.4) is 0 Å². The highest BCUT2D eigenvalue weighted by molar-refractivity contribution is 7.99. The Kier molecular flexibility index (Phi) is 3.93. The third kappa shape index (κ3) is 2.66. The minimum atomic E-state index is 0.391. The number of nitrogens with two attached hydrogens (primary N) is 1. The monoisotopic (exact) mass is 293 g/mol. The van der Waals surface area contributed by atoms with Gasteiger partial charge in [0.15, 0.2) is 5.65 Å². The maximum Gasteiger partial charge on any atom is 0.241 e. The van der Waals surface area contributed by atoms with Crippen LogP contribution < -0.4 is 16.6 Å². The van der Waals surface area contributed by atoms with Crippen molar-refractivity contribution in [1.29, 1.82) is 0 Å². The van der Waals surface area contributed by atoms with E-state index < -0.39 is 0 Å². The molecule has 0 radical (unpaired) electrons. The number of H-pyrrole nitrogens is 1. The number of nitrogen functional groups attached to an aromatic ring is 1. The molecule has 0 aliphatic heterocycles. The molecule has 20 heavy (non-hydrogen) atoms. The van der Waals surface area contributed by atoms with E-state index in [9.17, 15) is 0 Å². The number of nitrogens with one attached hydrogen (secondary N) is 3. The molecule has 108 valence electrons. The Morgan fingerprint density at radius 2 is 2.10 bits per heavy atom. The summed E-state index contributed by atoms with van der Waals surface area (Å²) < 4.78 is 0. The SMILES string of the molecule is CSC1CCC(Nc2nc(NN)nc3[nH]ncc23)CC1. The Morgan fingerprint density at radius 1 is 1.30 bits per heavy atom. The van der Waals surface area contributed by atoms with Crippen molar-refractivity contribution in [2.45, 2.75) is 37.0 Å². The highest BCUT2D eigenvalue weighted by atomic mass is 32.2. The van der Waals surface area contributed by atoms with Crippen molar-refractivity contribution in [3.63, 3.8) is 0 Å². The van der Waals surface area contributed by atoms with Gasteiger partial charge in [-0.05, 0) is 31.9 Å². The Bertz CT molecular complexity index is 576. The lowest BCUT2D eigenvalue weighted by molar-refractivity contribution is 0.472. The van der Waals surface area contributed by atoms with E-state index in [0.29, 0.717) is 17.6 Å². The summed E-state index contributed by atoms with van der Waals surface area (Å²) in [6.45, 7) is 0. The van der Waals surface area contributed by atoms with Gasteiger partial charge in [-0.15, -0.1) is 0 Å². The maximum atomic E-state index is 5.41. The average Bonchev–Trinajstić information content (AvgIpc) is 2.96. The minimum Gasteiger partial charge on any atom is -0.367 e. The molecule has 7 nitrogen and oxygen atoms in total. The van der Waals surface area contributed by atoms with Gasteiger partial charge in [0.25, 0.3) is 0 Å². The molecule has 0 aromatic carbocycles. The molecule has 3 rings (SSSR count). The minimum absolute atomic E-state index is 0.391. The molecule has 1 saturated carbocycles. The first-order valence-electron chi connectivity index (χ1n) is 6.77. The normalized spacial score (nSPS) is 22.9. The van der Waals surface area contributed by atoms with E-state index in [1.807, 2.05) is 11.8 Å². The first-order valence-corrected chi connectivity index (χ1v) is 8.06. The lowest BCUT2D eigenvalue weighted by atomic mass is 9.95. The second-order valence-electron chi connectivity index (χ2n) is 5.03. The number of aromatic amines is 1.